The van der Waals surface area contributed by atoms with Crippen molar-refractivity contribution in [3.63, 3.8) is 0 Å². The molecule has 15 heteroatoms. The molecule has 0 aliphatic carbocycles. The summed E-state index contributed by atoms with van der Waals surface area (Å²) in [6.45, 7) is -0.578. The number of hydrogen-bond acceptors (Lipinski definition) is 4. The van der Waals surface area contributed by atoms with E-state index in [1.165, 1.54) is 5.32 Å². The van der Waals surface area contributed by atoms with Gasteiger partial charge in [0, 0.05) is 13.0 Å². The van der Waals surface area contributed by atoms with Crippen LogP contribution in [-0.2, 0) is 11.2 Å². The zero-order chi connectivity index (χ0) is 22.3. The first-order chi connectivity index (χ1) is 13.2. The number of rotatable bonds is 12. The van der Waals surface area contributed by atoms with E-state index in [2.05, 4.69) is 20.6 Å². The summed E-state index contributed by atoms with van der Waals surface area (Å²) in [7, 11) is 0. The molecule has 0 aliphatic heterocycles. The lowest BCUT2D eigenvalue weighted by Gasteiger charge is -2.32. The van der Waals surface area contributed by atoms with Crippen LogP contribution in [0.15, 0.2) is 0 Å². The minimum atomic E-state index is -7.08. The molecule has 2 N–H and O–H groups in total. The van der Waals surface area contributed by atoms with E-state index in [9.17, 15) is 44.3 Å². The molecule has 0 fully saturated rings. The van der Waals surface area contributed by atoms with Crippen molar-refractivity contribution >= 4 is 5.91 Å². The van der Waals surface area contributed by atoms with Crippen molar-refractivity contribution in [3.8, 4) is 0 Å². The van der Waals surface area contributed by atoms with E-state index in [0.717, 1.165) is 19.3 Å². The highest BCUT2D eigenvalue weighted by atomic mass is 19.4. The van der Waals surface area contributed by atoms with Gasteiger partial charge in [-0.3, -0.25) is 4.79 Å². The summed E-state index contributed by atoms with van der Waals surface area (Å²) < 4.78 is 114. The number of aromatic amines is 1. The first-order valence-corrected chi connectivity index (χ1v) is 8.46. The van der Waals surface area contributed by atoms with Crippen LogP contribution in [0.1, 0.15) is 44.3 Å². The molecule has 0 spiro atoms. The quantitative estimate of drug-likeness (QED) is 0.382. The summed E-state index contributed by atoms with van der Waals surface area (Å²) >= 11 is 0. The Bertz CT molecular complexity index is 634. The van der Waals surface area contributed by atoms with Gasteiger partial charge in [-0.1, -0.05) is 25.7 Å². The molecule has 6 nitrogen and oxygen atoms in total. The second kappa shape index (κ2) is 9.61. The molecule has 0 saturated heterocycles. The molecule has 0 saturated carbocycles. The summed E-state index contributed by atoms with van der Waals surface area (Å²) in [5.74, 6) is -22.6. The molecule has 29 heavy (non-hydrogen) atoms. The van der Waals surface area contributed by atoms with E-state index < -0.39 is 36.4 Å². The zero-order valence-electron chi connectivity index (χ0n) is 14.8. The van der Waals surface area contributed by atoms with E-state index in [4.69, 9.17) is 0 Å². The van der Waals surface area contributed by atoms with E-state index in [-0.39, 0.29) is 6.42 Å². The Morgan fingerprint density at radius 2 is 1.38 bits per heavy atom. The van der Waals surface area contributed by atoms with Gasteiger partial charge >= 0.3 is 23.9 Å². The third-order valence-electron chi connectivity index (χ3n) is 3.94. The molecule has 0 aromatic carbocycles. The average Bonchev–Trinajstić information content (AvgIpc) is 3.12. The number of nitrogens with zero attached hydrogens (tertiary/aromatic N) is 3. The van der Waals surface area contributed by atoms with Gasteiger partial charge < -0.3 is 5.32 Å². The Balaban J connectivity index is 2.32. The number of H-pyrrole nitrogens is 1. The van der Waals surface area contributed by atoms with Crippen LogP contribution in [0.4, 0.5) is 39.5 Å². The van der Waals surface area contributed by atoms with Gasteiger partial charge in [-0.2, -0.15) is 39.5 Å². The molecule has 1 aromatic rings. The lowest BCUT2D eigenvalue weighted by molar-refractivity contribution is -0.388. The fraction of sp³-hybridized carbons (Fsp3) is 0.857. The largest absolute Gasteiger partial charge is 0.460 e. The average molecular weight is 443 g/mol. The number of halogens is 9. The lowest BCUT2D eigenvalue weighted by atomic mass is 10.0. The standard InChI is InChI=1S/C14H18F9N5O/c15-11(16,12(17,18)13(19,20)14(21,22)23)10(29)24-8-6-4-2-1-3-5-7-9-25-27-28-26-9/h1-8H2,(H,24,29)(H,25,26,27,28). The van der Waals surface area contributed by atoms with Crippen LogP contribution < -0.4 is 5.32 Å². The maximum Gasteiger partial charge on any atom is 0.460 e. The fourth-order valence-electron chi connectivity index (χ4n) is 2.24. The van der Waals surface area contributed by atoms with Gasteiger partial charge in [-0.15, -0.1) is 5.10 Å². The van der Waals surface area contributed by atoms with Crippen molar-refractivity contribution in [2.45, 2.75) is 68.9 Å². The monoisotopic (exact) mass is 443 g/mol. The number of tetrazole rings is 1. The number of nitrogens with one attached hydrogen (secondary N) is 2. The molecule has 0 aliphatic rings. The molecule has 0 bridgehead atoms. The van der Waals surface area contributed by atoms with Gasteiger partial charge in [-0.05, 0) is 23.3 Å². The third-order valence-corrected chi connectivity index (χ3v) is 3.94. The highest BCUT2D eigenvalue weighted by Gasteiger charge is 2.83. The first kappa shape index (κ1) is 24.9. The van der Waals surface area contributed by atoms with Gasteiger partial charge in [0.05, 0.1) is 0 Å². The van der Waals surface area contributed by atoms with Crippen molar-refractivity contribution in [2.24, 2.45) is 0 Å². The predicted octanol–water partition coefficient (Wildman–Crippen LogP) is 3.67. The molecule has 0 atom stereocenters. The van der Waals surface area contributed by atoms with Crippen LogP contribution in [0.3, 0.4) is 0 Å². The molecule has 0 unspecified atom stereocenters. The highest BCUT2D eigenvalue weighted by Crippen LogP contribution is 2.53. The van der Waals surface area contributed by atoms with Crippen LogP contribution in [0.25, 0.3) is 0 Å². The van der Waals surface area contributed by atoms with E-state index in [1.54, 1.807) is 0 Å². The molecule has 0 radical (unpaired) electrons. The normalized spacial score (nSPS) is 13.6. The Morgan fingerprint density at radius 3 is 1.90 bits per heavy atom. The Kier molecular flexibility index (Phi) is 8.26. The lowest BCUT2D eigenvalue weighted by Crippen LogP contribution is -2.65. The van der Waals surface area contributed by atoms with Crippen molar-refractivity contribution in [1.82, 2.24) is 25.9 Å². The molecule has 1 heterocycles. The Hall–Kier alpha value is -2.09. The van der Waals surface area contributed by atoms with E-state index in [0.29, 0.717) is 25.1 Å². The second-order valence-corrected chi connectivity index (χ2v) is 6.20. The molecule has 168 valence electrons. The predicted molar refractivity (Wildman–Crippen MR) is 79.5 cm³/mol. The van der Waals surface area contributed by atoms with Crippen LogP contribution in [0.2, 0.25) is 0 Å². The first-order valence-electron chi connectivity index (χ1n) is 8.46. The minimum Gasteiger partial charge on any atom is -0.351 e. The number of aromatic nitrogens is 4. The minimum absolute atomic E-state index is 0.0507. The van der Waals surface area contributed by atoms with Crippen LogP contribution in [-0.4, -0.2) is 57.0 Å². The summed E-state index contributed by atoms with van der Waals surface area (Å²) in [5, 5.41) is 14.3. The van der Waals surface area contributed by atoms with Crippen LogP contribution in [0, 0.1) is 0 Å². The summed E-state index contributed by atoms with van der Waals surface area (Å²) in [4.78, 5) is 11.1. The van der Waals surface area contributed by atoms with Crippen molar-refractivity contribution in [2.75, 3.05) is 6.54 Å². The Morgan fingerprint density at radius 1 is 0.828 bits per heavy atom. The summed E-state index contributed by atoms with van der Waals surface area (Å²) in [6, 6.07) is 0. The zero-order valence-corrected chi connectivity index (χ0v) is 14.8. The topological polar surface area (TPSA) is 83.6 Å². The van der Waals surface area contributed by atoms with Gasteiger partial charge in [0.25, 0.3) is 5.91 Å². The van der Waals surface area contributed by atoms with Crippen LogP contribution in [0.5, 0.6) is 0 Å². The van der Waals surface area contributed by atoms with E-state index >= 15 is 0 Å². The van der Waals surface area contributed by atoms with Gasteiger partial charge in [-0.25, -0.2) is 5.10 Å². The molecular weight excluding hydrogens is 425 g/mol. The van der Waals surface area contributed by atoms with Crippen molar-refractivity contribution in [1.29, 1.82) is 0 Å². The van der Waals surface area contributed by atoms with Gasteiger partial charge in [0.1, 0.15) is 5.82 Å². The summed E-state index contributed by atoms with van der Waals surface area (Å²) in [6.07, 6.45) is -3.02. The number of hydrogen-bond donors (Lipinski definition) is 2. The van der Waals surface area contributed by atoms with Crippen LogP contribution >= 0.6 is 0 Å². The SMILES string of the molecule is O=C(NCCCCCCCCc1nnn[nH]1)C(F)(F)C(F)(F)C(F)(F)C(F)(F)F. The molecule has 1 amide bonds. The number of alkyl halides is 9. The van der Waals surface area contributed by atoms with Crippen molar-refractivity contribution in [3.05, 3.63) is 5.82 Å². The molecule has 1 aromatic heterocycles. The fourth-order valence-corrected chi connectivity index (χ4v) is 2.24. The van der Waals surface area contributed by atoms with Gasteiger partial charge in [0.2, 0.25) is 0 Å². The Labute approximate surface area is 158 Å². The number of carbonyl (C=O) groups excluding carboxylic acids is 1. The molecule has 1 rings (SSSR count). The maximum atomic E-state index is 13.3. The number of aryl methyl sites for hydroxylation is 1. The van der Waals surface area contributed by atoms with E-state index in [1.807, 2.05) is 0 Å². The van der Waals surface area contributed by atoms with Crippen molar-refractivity contribution < 1.29 is 44.3 Å². The highest BCUT2D eigenvalue weighted by molar-refractivity contribution is 5.84. The number of unbranched alkanes of at least 4 members (excludes halogenated alkanes) is 5. The number of carbonyl (C=O) groups is 1. The smallest absolute Gasteiger partial charge is 0.351 e. The second-order valence-electron chi connectivity index (χ2n) is 6.20. The number of amides is 1. The summed E-state index contributed by atoms with van der Waals surface area (Å²) in [5.41, 5.74) is 0. The molecular formula is C14H18F9N5O. The van der Waals surface area contributed by atoms with Gasteiger partial charge in [0.15, 0.2) is 0 Å². The maximum absolute atomic E-state index is 13.3. The third kappa shape index (κ3) is 5.95.